The van der Waals surface area contributed by atoms with E-state index < -0.39 is 19.8 Å². The summed E-state index contributed by atoms with van der Waals surface area (Å²) in [7, 11) is 2.63. The first-order chi connectivity index (χ1) is 5.88. The predicted molar refractivity (Wildman–Crippen MR) is 47.8 cm³/mol. The Morgan fingerprint density at radius 1 is 1.62 bits per heavy atom. The molecule has 1 rings (SSSR count). The van der Waals surface area contributed by atoms with Crippen LogP contribution in [-0.4, -0.2) is 13.0 Å². The van der Waals surface area contributed by atoms with Crippen molar-refractivity contribution in [3.8, 4) is 0 Å². The summed E-state index contributed by atoms with van der Waals surface area (Å²) in [5, 5.41) is 0. The molecule has 0 unspecified atom stereocenters. The van der Waals surface area contributed by atoms with Gasteiger partial charge in [-0.2, -0.15) is 0 Å². The summed E-state index contributed by atoms with van der Waals surface area (Å²) < 4.78 is 36.4. The molecule has 0 radical (unpaired) electrons. The molecule has 0 bridgehead atoms. The zero-order valence-corrected chi connectivity index (χ0v) is 8.78. The van der Waals surface area contributed by atoms with E-state index in [-0.39, 0.29) is 0 Å². The fourth-order valence-electron chi connectivity index (χ4n) is 1.18. The van der Waals surface area contributed by atoms with Crippen LogP contribution in [0.4, 0.5) is 4.39 Å². The number of hydrogen-bond donors (Lipinski definition) is 0. The highest BCUT2D eigenvalue weighted by atomic mass is 35.7. The minimum Gasteiger partial charge on any atom is -0.351 e. The molecule has 1 aromatic heterocycles. The fourth-order valence-corrected chi connectivity index (χ4v) is 2.12. The highest BCUT2D eigenvalue weighted by Gasteiger charge is 2.21. The fraction of sp³-hybridized carbons (Fsp3) is 0.429. The Kier molecular flexibility index (Phi) is 2.68. The summed E-state index contributed by atoms with van der Waals surface area (Å²) in [5.74, 6) is -0.750. The van der Waals surface area contributed by atoms with Crippen molar-refractivity contribution in [1.82, 2.24) is 4.57 Å². The van der Waals surface area contributed by atoms with Crippen LogP contribution >= 0.6 is 10.7 Å². The van der Waals surface area contributed by atoms with Gasteiger partial charge in [0.25, 0.3) is 9.05 Å². The normalized spacial score (nSPS) is 12.0. The van der Waals surface area contributed by atoms with Gasteiger partial charge >= 0.3 is 0 Å². The van der Waals surface area contributed by atoms with E-state index in [4.69, 9.17) is 10.7 Å². The van der Waals surface area contributed by atoms with Gasteiger partial charge in [-0.25, -0.2) is 12.8 Å². The Hall–Kier alpha value is -0.550. The van der Waals surface area contributed by atoms with E-state index >= 15 is 0 Å². The minimum absolute atomic E-state index is 0.333. The summed E-state index contributed by atoms with van der Waals surface area (Å²) in [6.07, 6.45) is 1.60. The lowest BCUT2D eigenvalue weighted by atomic mass is 10.3. The van der Waals surface area contributed by atoms with Crippen LogP contribution in [0.3, 0.4) is 0 Å². The summed E-state index contributed by atoms with van der Waals surface area (Å²) >= 11 is 0. The molecule has 3 nitrogen and oxygen atoms in total. The molecule has 0 N–H and O–H groups in total. The lowest BCUT2D eigenvalue weighted by Crippen LogP contribution is -1.94. The summed E-state index contributed by atoms with van der Waals surface area (Å²) in [4.78, 5) is -0.450. The summed E-state index contributed by atoms with van der Waals surface area (Å²) in [6.45, 7) is 1.74. The van der Waals surface area contributed by atoms with Gasteiger partial charge in [0.15, 0.2) is 5.82 Å². The molecule has 1 heterocycles. The van der Waals surface area contributed by atoms with Crippen LogP contribution in [0.25, 0.3) is 0 Å². The minimum atomic E-state index is -3.97. The summed E-state index contributed by atoms with van der Waals surface area (Å²) in [5.41, 5.74) is 0.333. The molecule has 0 aliphatic heterocycles. The van der Waals surface area contributed by atoms with E-state index in [0.29, 0.717) is 12.1 Å². The molecular formula is C7H9ClFNO2S. The Labute approximate surface area is 80.5 Å². The van der Waals surface area contributed by atoms with Crippen LogP contribution < -0.4 is 0 Å². The Morgan fingerprint density at radius 3 is 2.38 bits per heavy atom. The van der Waals surface area contributed by atoms with Crippen molar-refractivity contribution in [2.24, 2.45) is 7.05 Å². The van der Waals surface area contributed by atoms with Gasteiger partial charge in [0, 0.05) is 23.9 Å². The van der Waals surface area contributed by atoms with Crippen molar-refractivity contribution in [2.45, 2.75) is 18.2 Å². The van der Waals surface area contributed by atoms with E-state index in [1.54, 1.807) is 14.0 Å². The topological polar surface area (TPSA) is 39.1 Å². The van der Waals surface area contributed by atoms with Gasteiger partial charge in [0.2, 0.25) is 0 Å². The number of aromatic nitrogens is 1. The lowest BCUT2D eigenvalue weighted by Gasteiger charge is -1.96. The quantitative estimate of drug-likeness (QED) is 0.718. The predicted octanol–water partition coefficient (Wildman–Crippen LogP) is 1.65. The monoisotopic (exact) mass is 225 g/mol. The van der Waals surface area contributed by atoms with Crippen molar-refractivity contribution in [3.63, 3.8) is 0 Å². The molecule has 0 spiro atoms. The first-order valence-corrected chi connectivity index (χ1v) is 5.97. The van der Waals surface area contributed by atoms with Crippen LogP contribution in [0.15, 0.2) is 11.1 Å². The molecule has 1 aromatic rings. The standard InChI is InChI=1S/C7H9ClFNO2S/c1-3-5-7(9)6(4-10(5)2)13(8,11)12/h4H,3H2,1-2H3. The lowest BCUT2D eigenvalue weighted by molar-refractivity contribution is 0.568. The molecule has 0 aliphatic carbocycles. The highest BCUT2D eigenvalue weighted by Crippen LogP contribution is 2.23. The Bertz CT molecular complexity index is 424. The summed E-state index contributed by atoms with van der Waals surface area (Å²) in [6, 6.07) is 0. The average Bonchev–Trinajstić information content (AvgIpc) is 2.25. The zero-order valence-electron chi connectivity index (χ0n) is 7.21. The number of hydrogen-bond acceptors (Lipinski definition) is 2. The van der Waals surface area contributed by atoms with E-state index in [1.807, 2.05) is 0 Å². The van der Waals surface area contributed by atoms with Crippen molar-refractivity contribution < 1.29 is 12.8 Å². The van der Waals surface area contributed by atoms with Crippen molar-refractivity contribution in [1.29, 1.82) is 0 Å². The third-order valence-corrected chi connectivity index (χ3v) is 3.11. The Balaban J connectivity index is 3.44. The van der Waals surface area contributed by atoms with Crippen LogP contribution in [-0.2, 0) is 22.5 Å². The van der Waals surface area contributed by atoms with Crippen molar-refractivity contribution in [3.05, 3.63) is 17.7 Å². The van der Waals surface area contributed by atoms with Gasteiger partial charge in [-0.05, 0) is 6.42 Å². The molecule has 0 saturated heterocycles. The molecule has 0 atom stereocenters. The van der Waals surface area contributed by atoms with Crippen molar-refractivity contribution in [2.75, 3.05) is 0 Å². The third kappa shape index (κ3) is 1.86. The number of nitrogens with zero attached hydrogens (tertiary/aromatic N) is 1. The maximum absolute atomic E-state index is 13.3. The molecule has 0 fully saturated rings. The molecule has 0 aromatic carbocycles. The maximum atomic E-state index is 13.3. The largest absolute Gasteiger partial charge is 0.351 e. The molecule has 0 aliphatic rings. The molecule has 74 valence electrons. The maximum Gasteiger partial charge on any atom is 0.265 e. The second-order valence-corrected chi connectivity index (χ2v) is 5.19. The van der Waals surface area contributed by atoms with Crippen LogP contribution in [0.1, 0.15) is 12.6 Å². The Morgan fingerprint density at radius 2 is 2.15 bits per heavy atom. The van der Waals surface area contributed by atoms with E-state index in [9.17, 15) is 12.8 Å². The molecule has 0 amide bonds. The third-order valence-electron chi connectivity index (χ3n) is 1.80. The average molecular weight is 226 g/mol. The molecule has 6 heteroatoms. The van der Waals surface area contributed by atoms with E-state index in [1.165, 1.54) is 10.8 Å². The van der Waals surface area contributed by atoms with Crippen LogP contribution in [0.2, 0.25) is 0 Å². The zero-order chi connectivity index (χ0) is 10.2. The van der Waals surface area contributed by atoms with E-state index in [2.05, 4.69) is 0 Å². The van der Waals surface area contributed by atoms with Gasteiger partial charge in [-0.15, -0.1) is 0 Å². The second-order valence-electron chi connectivity index (χ2n) is 2.66. The van der Waals surface area contributed by atoms with Gasteiger partial charge < -0.3 is 4.57 Å². The first-order valence-electron chi connectivity index (χ1n) is 3.66. The molecular weight excluding hydrogens is 217 g/mol. The molecule has 13 heavy (non-hydrogen) atoms. The van der Waals surface area contributed by atoms with Crippen LogP contribution in [0.5, 0.6) is 0 Å². The highest BCUT2D eigenvalue weighted by molar-refractivity contribution is 8.13. The van der Waals surface area contributed by atoms with Gasteiger partial charge in [-0.1, -0.05) is 6.92 Å². The van der Waals surface area contributed by atoms with Gasteiger partial charge in [0.05, 0.1) is 5.69 Å². The first kappa shape index (κ1) is 10.5. The number of halogens is 2. The van der Waals surface area contributed by atoms with Gasteiger partial charge in [-0.3, -0.25) is 0 Å². The number of aryl methyl sites for hydroxylation is 1. The van der Waals surface area contributed by atoms with E-state index in [0.717, 1.165) is 0 Å². The SMILES string of the molecule is CCc1c(F)c(S(=O)(=O)Cl)cn1C. The van der Waals surface area contributed by atoms with Crippen molar-refractivity contribution >= 4 is 19.7 Å². The molecule has 0 saturated carbocycles. The van der Waals surface area contributed by atoms with Gasteiger partial charge in [0.1, 0.15) is 4.90 Å². The smallest absolute Gasteiger partial charge is 0.265 e. The second kappa shape index (κ2) is 3.31. The van der Waals surface area contributed by atoms with Crippen LogP contribution in [0, 0.1) is 5.82 Å². The number of rotatable bonds is 2.